The van der Waals surface area contributed by atoms with Gasteiger partial charge in [-0.15, -0.1) is 0 Å². The second-order valence-electron chi connectivity index (χ2n) is 6.52. The van der Waals surface area contributed by atoms with Crippen LogP contribution in [-0.2, 0) is 16.0 Å². The summed E-state index contributed by atoms with van der Waals surface area (Å²) in [4.78, 5) is 22.9. The molecule has 1 fully saturated rings. The Labute approximate surface area is 158 Å². The summed E-state index contributed by atoms with van der Waals surface area (Å²) >= 11 is 0. The van der Waals surface area contributed by atoms with Crippen molar-refractivity contribution < 1.29 is 24.2 Å². The zero-order chi connectivity index (χ0) is 19.1. The number of rotatable bonds is 8. The molecule has 2 N–H and O–H groups in total. The lowest BCUT2D eigenvalue weighted by molar-refractivity contribution is -0.116. The maximum absolute atomic E-state index is 12.1. The van der Waals surface area contributed by atoms with E-state index in [-0.39, 0.29) is 17.6 Å². The molecule has 0 radical (unpaired) electrons. The number of nitrogens with one attached hydrogen (secondary N) is 1. The SMILES string of the molecule is O=C(CCc1ccc(C(=O)O)cc1)Nc1ccc(OCC2CCCO2)cc1. The minimum absolute atomic E-state index is 0.0923. The van der Waals surface area contributed by atoms with Crippen molar-refractivity contribution in [2.24, 2.45) is 0 Å². The summed E-state index contributed by atoms with van der Waals surface area (Å²) in [5.74, 6) is -0.296. The highest BCUT2D eigenvalue weighted by molar-refractivity contribution is 5.91. The minimum Gasteiger partial charge on any atom is -0.491 e. The Balaban J connectivity index is 1.42. The summed E-state index contributed by atoms with van der Waals surface area (Å²) in [5.41, 5.74) is 1.88. The number of carbonyl (C=O) groups excluding carboxylic acids is 1. The van der Waals surface area contributed by atoms with E-state index >= 15 is 0 Å². The average molecular weight is 369 g/mol. The fourth-order valence-corrected chi connectivity index (χ4v) is 2.89. The molecule has 0 saturated carbocycles. The highest BCUT2D eigenvalue weighted by Gasteiger charge is 2.15. The summed E-state index contributed by atoms with van der Waals surface area (Å²) in [6.07, 6.45) is 3.17. The standard InChI is InChI=1S/C21H23NO5/c23-20(12-5-15-3-6-16(7-4-15)21(24)25)22-17-8-10-18(11-9-17)27-14-19-2-1-13-26-19/h3-4,6-11,19H,1-2,5,12-14H2,(H,22,23)(H,24,25). The van der Waals surface area contributed by atoms with Gasteiger partial charge in [-0.25, -0.2) is 4.79 Å². The van der Waals surface area contributed by atoms with Gasteiger partial charge < -0.3 is 19.9 Å². The predicted octanol–water partition coefficient (Wildman–Crippen LogP) is 3.51. The number of hydrogen-bond acceptors (Lipinski definition) is 4. The Bertz CT molecular complexity index is 764. The van der Waals surface area contributed by atoms with Crippen molar-refractivity contribution in [3.63, 3.8) is 0 Å². The molecule has 0 spiro atoms. The predicted molar refractivity (Wildman–Crippen MR) is 101 cm³/mol. The lowest BCUT2D eigenvalue weighted by Crippen LogP contribution is -2.16. The van der Waals surface area contributed by atoms with Gasteiger partial charge in [0.15, 0.2) is 0 Å². The number of ether oxygens (including phenoxy) is 2. The summed E-state index contributed by atoms with van der Waals surface area (Å²) in [5, 5.41) is 11.7. The van der Waals surface area contributed by atoms with E-state index < -0.39 is 5.97 Å². The second-order valence-corrected chi connectivity index (χ2v) is 6.52. The van der Waals surface area contributed by atoms with E-state index in [0.29, 0.717) is 25.1 Å². The van der Waals surface area contributed by atoms with Gasteiger partial charge in [0.05, 0.1) is 11.7 Å². The topological polar surface area (TPSA) is 84.9 Å². The number of carboxylic acid groups (broad SMARTS) is 1. The molecule has 0 bridgehead atoms. The molecule has 1 atom stereocenters. The third-order valence-electron chi connectivity index (χ3n) is 4.44. The molecule has 6 nitrogen and oxygen atoms in total. The summed E-state index contributed by atoms with van der Waals surface area (Å²) in [6.45, 7) is 1.36. The first-order valence-corrected chi connectivity index (χ1v) is 9.07. The number of benzene rings is 2. The molecular formula is C21H23NO5. The summed E-state index contributed by atoms with van der Waals surface area (Å²) in [7, 11) is 0. The molecule has 0 aliphatic carbocycles. The van der Waals surface area contributed by atoms with Gasteiger partial charge in [0, 0.05) is 18.7 Å². The quantitative estimate of drug-likeness (QED) is 0.744. The van der Waals surface area contributed by atoms with Gasteiger partial charge in [0.25, 0.3) is 0 Å². The number of anilines is 1. The monoisotopic (exact) mass is 369 g/mol. The molecule has 2 aromatic carbocycles. The van der Waals surface area contributed by atoms with Crippen molar-refractivity contribution in [3.8, 4) is 5.75 Å². The van der Waals surface area contributed by atoms with Gasteiger partial charge in [-0.1, -0.05) is 12.1 Å². The van der Waals surface area contributed by atoms with Crippen molar-refractivity contribution in [1.29, 1.82) is 0 Å². The zero-order valence-corrected chi connectivity index (χ0v) is 15.0. The van der Waals surface area contributed by atoms with Crippen LogP contribution >= 0.6 is 0 Å². The van der Waals surface area contributed by atoms with E-state index in [9.17, 15) is 9.59 Å². The van der Waals surface area contributed by atoms with Gasteiger partial charge in [-0.05, 0) is 61.2 Å². The lowest BCUT2D eigenvalue weighted by Gasteiger charge is -2.12. The number of aromatic carboxylic acids is 1. The van der Waals surface area contributed by atoms with Crippen LogP contribution in [0.5, 0.6) is 5.75 Å². The van der Waals surface area contributed by atoms with Crippen LogP contribution in [0, 0.1) is 0 Å². The Morgan fingerprint density at radius 2 is 1.85 bits per heavy atom. The maximum Gasteiger partial charge on any atom is 0.335 e. The molecule has 1 heterocycles. The molecule has 1 unspecified atom stereocenters. The van der Waals surface area contributed by atoms with Crippen LogP contribution in [0.2, 0.25) is 0 Å². The first kappa shape index (κ1) is 18.9. The molecular weight excluding hydrogens is 346 g/mol. The van der Waals surface area contributed by atoms with Crippen molar-refractivity contribution in [1.82, 2.24) is 0 Å². The number of aryl methyl sites for hydroxylation is 1. The first-order chi connectivity index (χ1) is 13.1. The van der Waals surface area contributed by atoms with Crippen LogP contribution in [0.25, 0.3) is 0 Å². The second kappa shape index (κ2) is 9.19. The molecule has 6 heteroatoms. The van der Waals surface area contributed by atoms with Crippen LogP contribution in [0.4, 0.5) is 5.69 Å². The Hall–Kier alpha value is -2.86. The van der Waals surface area contributed by atoms with Gasteiger partial charge in [0.1, 0.15) is 12.4 Å². The first-order valence-electron chi connectivity index (χ1n) is 9.07. The highest BCUT2D eigenvalue weighted by Crippen LogP contribution is 2.19. The van der Waals surface area contributed by atoms with E-state index in [0.717, 1.165) is 30.8 Å². The highest BCUT2D eigenvalue weighted by atomic mass is 16.5. The van der Waals surface area contributed by atoms with E-state index in [2.05, 4.69) is 5.32 Å². The van der Waals surface area contributed by atoms with Crippen LogP contribution < -0.4 is 10.1 Å². The number of carboxylic acids is 1. The molecule has 0 aromatic heterocycles. The fraction of sp³-hybridized carbons (Fsp3) is 0.333. The van der Waals surface area contributed by atoms with Crippen molar-refractivity contribution in [2.45, 2.75) is 31.8 Å². The number of carbonyl (C=O) groups is 2. The van der Waals surface area contributed by atoms with Crippen molar-refractivity contribution in [2.75, 3.05) is 18.5 Å². The molecule has 2 aromatic rings. The lowest BCUT2D eigenvalue weighted by atomic mass is 10.1. The normalized spacial score (nSPS) is 16.1. The largest absolute Gasteiger partial charge is 0.491 e. The van der Waals surface area contributed by atoms with Gasteiger partial charge in [-0.3, -0.25) is 4.79 Å². The summed E-state index contributed by atoms with van der Waals surface area (Å²) < 4.78 is 11.2. The Morgan fingerprint density at radius 3 is 2.48 bits per heavy atom. The maximum atomic E-state index is 12.1. The average Bonchev–Trinajstić information content (AvgIpc) is 3.20. The number of amides is 1. The van der Waals surface area contributed by atoms with E-state index in [1.165, 1.54) is 0 Å². The van der Waals surface area contributed by atoms with Crippen molar-refractivity contribution >= 4 is 17.6 Å². The van der Waals surface area contributed by atoms with E-state index in [1.807, 2.05) is 24.3 Å². The van der Waals surface area contributed by atoms with Crippen LogP contribution in [0.15, 0.2) is 48.5 Å². The minimum atomic E-state index is -0.956. The molecule has 3 rings (SSSR count). The smallest absolute Gasteiger partial charge is 0.335 e. The molecule has 1 saturated heterocycles. The Kier molecular flexibility index (Phi) is 6.44. The number of hydrogen-bond donors (Lipinski definition) is 2. The third-order valence-corrected chi connectivity index (χ3v) is 4.44. The van der Waals surface area contributed by atoms with E-state index in [1.54, 1.807) is 24.3 Å². The zero-order valence-electron chi connectivity index (χ0n) is 15.0. The summed E-state index contributed by atoms with van der Waals surface area (Å²) in [6, 6.07) is 13.8. The molecule has 1 amide bonds. The van der Waals surface area contributed by atoms with Crippen LogP contribution in [-0.4, -0.2) is 36.3 Å². The van der Waals surface area contributed by atoms with Crippen LogP contribution in [0.3, 0.4) is 0 Å². The molecule has 142 valence electrons. The Morgan fingerprint density at radius 1 is 1.11 bits per heavy atom. The third kappa shape index (κ3) is 5.82. The van der Waals surface area contributed by atoms with E-state index in [4.69, 9.17) is 14.6 Å². The molecule has 1 aliphatic heterocycles. The van der Waals surface area contributed by atoms with Gasteiger partial charge in [0.2, 0.25) is 5.91 Å². The van der Waals surface area contributed by atoms with Crippen LogP contribution in [0.1, 0.15) is 35.2 Å². The van der Waals surface area contributed by atoms with Gasteiger partial charge in [-0.2, -0.15) is 0 Å². The molecule has 1 aliphatic rings. The molecule has 27 heavy (non-hydrogen) atoms. The fourth-order valence-electron chi connectivity index (χ4n) is 2.89. The van der Waals surface area contributed by atoms with Crippen molar-refractivity contribution in [3.05, 3.63) is 59.7 Å². The van der Waals surface area contributed by atoms with Gasteiger partial charge >= 0.3 is 5.97 Å².